The highest BCUT2D eigenvalue weighted by atomic mass is 16.5. The minimum absolute atomic E-state index is 0.0218. The lowest BCUT2D eigenvalue weighted by Gasteiger charge is -2.17. The van der Waals surface area contributed by atoms with E-state index >= 15 is 0 Å². The minimum Gasteiger partial charge on any atom is -0.493 e. The molecule has 8 heteroatoms. The fourth-order valence-corrected chi connectivity index (χ4v) is 3.56. The van der Waals surface area contributed by atoms with Gasteiger partial charge in [-0.3, -0.25) is 4.98 Å². The zero-order valence-electron chi connectivity index (χ0n) is 20.3. The third kappa shape index (κ3) is 5.43. The Labute approximate surface area is 209 Å². The second-order valence-corrected chi connectivity index (χ2v) is 8.18. The lowest BCUT2D eigenvalue weighted by Crippen LogP contribution is -2.12. The van der Waals surface area contributed by atoms with Gasteiger partial charge in [0.1, 0.15) is 11.8 Å². The van der Waals surface area contributed by atoms with Crippen LogP contribution >= 0.6 is 0 Å². The fraction of sp³-hybridized carbons (Fsp3) is 0.214. The highest BCUT2D eigenvalue weighted by Crippen LogP contribution is 2.38. The Bertz CT molecular complexity index is 1380. The van der Waals surface area contributed by atoms with Crippen LogP contribution < -0.4 is 24.3 Å². The van der Waals surface area contributed by atoms with Gasteiger partial charge in [-0.25, -0.2) is 0 Å². The van der Waals surface area contributed by atoms with Crippen molar-refractivity contribution in [2.75, 3.05) is 32.8 Å². The van der Waals surface area contributed by atoms with Gasteiger partial charge in [-0.15, -0.1) is 0 Å². The van der Waals surface area contributed by atoms with Gasteiger partial charge < -0.3 is 29.4 Å². The molecule has 0 spiro atoms. The summed E-state index contributed by atoms with van der Waals surface area (Å²) in [6, 6.07) is 20.6. The van der Waals surface area contributed by atoms with Crippen molar-refractivity contribution in [1.29, 1.82) is 5.26 Å². The third-order valence-electron chi connectivity index (χ3n) is 5.53. The maximum atomic E-state index is 9.73. The number of anilines is 2. The molecule has 0 aliphatic rings. The Balaban J connectivity index is 1.63. The average molecular weight is 486 g/mol. The van der Waals surface area contributed by atoms with Crippen LogP contribution in [-0.2, 0) is 0 Å². The summed E-state index contributed by atoms with van der Waals surface area (Å²) in [4.78, 5) is 4.44. The topological polar surface area (TPSA) is 106 Å². The summed E-state index contributed by atoms with van der Waals surface area (Å²) in [5.74, 6) is 2.91. The van der Waals surface area contributed by atoms with E-state index in [-0.39, 0.29) is 12.5 Å². The second-order valence-electron chi connectivity index (χ2n) is 8.18. The summed E-state index contributed by atoms with van der Waals surface area (Å²) >= 11 is 0. The molecule has 2 N–H and O–H groups in total. The number of pyridine rings is 1. The van der Waals surface area contributed by atoms with E-state index in [0.717, 1.165) is 5.69 Å². The molecule has 0 saturated carbocycles. The molecule has 4 aromatic rings. The zero-order valence-corrected chi connectivity index (χ0v) is 20.3. The summed E-state index contributed by atoms with van der Waals surface area (Å²) in [6.45, 7) is 2.25. The van der Waals surface area contributed by atoms with Crippen LogP contribution in [0.1, 0.15) is 12.5 Å². The maximum Gasteiger partial charge on any atom is 0.169 e. The van der Waals surface area contributed by atoms with Gasteiger partial charge in [-0.05, 0) is 42.5 Å². The number of aliphatic hydroxyl groups excluding tert-OH is 1. The largest absolute Gasteiger partial charge is 0.493 e. The van der Waals surface area contributed by atoms with E-state index in [9.17, 15) is 10.4 Å². The van der Waals surface area contributed by atoms with E-state index in [1.54, 1.807) is 26.4 Å². The van der Waals surface area contributed by atoms with Crippen molar-refractivity contribution in [1.82, 2.24) is 4.98 Å². The van der Waals surface area contributed by atoms with Gasteiger partial charge in [0, 0.05) is 35.9 Å². The Morgan fingerprint density at radius 2 is 1.69 bits per heavy atom. The molecule has 0 bridgehead atoms. The molecule has 1 atom stereocenters. The van der Waals surface area contributed by atoms with Crippen LogP contribution in [0.4, 0.5) is 11.4 Å². The fourth-order valence-electron chi connectivity index (χ4n) is 3.56. The van der Waals surface area contributed by atoms with Crippen LogP contribution in [0.5, 0.6) is 28.7 Å². The third-order valence-corrected chi connectivity index (χ3v) is 5.53. The van der Waals surface area contributed by atoms with Crippen molar-refractivity contribution in [2.45, 2.75) is 6.92 Å². The van der Waals surface area contributed by atoms with Crippen LogP contribution in [0.2, 0.25) is 0 Å². The number of benzene rings is 3. The van der Waals surface area contributed by atoms with E-state index in [0.29, 0.717) is 57.5 Å². The van der Waals surface area contributed by atoms with Crippen molar-refractivity contribution in [3.63, 3.8) is 0 Å². The highest BCUT2D eigenvalue weighted by Gasteiger charge is 2.15. The van der Waals surface area contributed by atoms with Crippen molar-refractivity contribution in [3.05, 3.63) is 72.4 Å². The number of hydrogen-bond acceptors (Lipinski definition) is 8. The summed E-state index contributed by atoms with van der Waals surface area (Å²) in [5.41, 5.74) is 2.40. The number of methoxy groups -OCH3 is 2. The number of ether oxygens (including phenoxy) is 4. The normalized spacial score (nSPS) is 11.4. The van der Waals surface area contributed by atoms with Crippen molar-refractivity contribution >= 4 is 22.3 Å². The van der Waals surface area contributed by atoms with Gasteiger partial charge in [-0.1, -0.05) is 19.1 Å². The second kappa shape index (κ2) is 11.3. The first-order valence-corrected chi connectivity index (χ1v) is 11.4. The molecular weight excluding hydrogens is 458 g/mol. The predicted molar refractivity (Wildman–Crippen MR) is 138 cm³/mol. The summed E-state index contributed by atoms with van der Waals surface area (Å²) in [7, 11) is 3.15. The molecule has 36 heavy (non-hydrogen) atoms. The Morgan fingerprint density at radius 1 is 0.972 bits per heavy atom. The summed E-state index contributed by atoms with van der Waals surface area (Å²) in [5, 5.41) is 23.1. The number of fused-ring (bicyclic) bond motifs is 1. The monoisotopic (exact) mass is 485 g/mol. The van der Waals surface area contributed by atoms with Gasteiger partial charge in [0.25, 0.3) is 0 Å². The molecule has 3 aromatic carbocycles. The molecule has 0 aliphatic carbocycles. The first-order chi connectivity index (χ1) is 17.6. The van der Waals surface area contributed by atoms with Crippen LogP contribution in [0.3, 0.4) is 0 Å². The average Bonchev–Trinajstić information content (AvgIpc) is 2.92. The number of nitriles is 1. The number of rotatable bonds is 10. The lowest BCUT2D eigenvalue weighted by atomic mass is 10.1. The van der Waals surface area contributed by atoms with E-state index < -0.39 is 0 Å². The summed E-state index contributed by atoms with van der Waals surface area (Å²) in [6.07, 6.45) is 1.52. The molecular formula is C28H27N3O5. The van der Waals surface area contributed by atoms with E-state index in [1.165, 1.54) is 6.20 Å². The molecule has 4 rings (SSSR count). The van der Waals surface area contributed by atoms with Crippen LogP contribution in [0.25, 0.3) is 10.9 Å². The maximum absolute atomic E-state index is 9.73. The molecule has 8 nitrogen and oxygen atoms in total. The van der Waals surface area contributed by atoms with Gasteiger partial charge in [0.15, 0.2) is 23.0 Å². The number of para-hydroxylation sites is 2. The van der Waals surface area contributed by atoms with Crippen molar-refractivity contribution in [3.8, 4) is 34.8 Å². The molecule has 1 unspecified atom stereocenters. The van der Waals surface area contributed by atoms with Crippen LogP contribution in [0, 0.1) is 17.2 Å². The number of hydrogen-bond donors (Lipinski definition) is 2. The quantitative estimate of drug-likeness (QED) is 0.296. The lowest BCUT2D eigenvalue weighted by molar-refractivity contribution is 0.171. The number of nitrogens with zero attached hydrogens (tertiary/aromatic N) is 2. The Kier molecular flexibility index (Phi) is 7.73. The van der Waals surface area contributed by atoms with Gasteiger partial charge in [0.2, 0.25) is 0 Å². The van der Waals surface area contributed by atoms with Gasteiger partial charge in [-0.2, -0.15) is 5.26 Å². The molecule has 0 radical (unpaired) electrons. The molecule has 0 saturated heterocycles. The molecule has 0 fully saturated rings. The smallest absolute Gasteiger partial charge is 0.169 e. The molecule has 184 valence electrons. The molecule has 1 aromatic heterocycles. The first kappa shape index (κ1) is 24.6. The predicted octanol–water partition coefficient (Wildman–Crippen LogP) is 5.67. The highest BCUT2D eigenvalue weighted by molar-refractivity contribution is 5.97. The van der Waals surface area contributed by atoms with Crippen molar-refractivity contribution in [2.24, 2.45) is 5.92 Å². The Morgan fingerprint density at radius 3 is 2.36 bits per heavy atom. The number of nitrogens with one attached hydrogen (secondary N) is 1. The first-order valence-electron chi connectivity index (χ1n) is 11.4. The van der Waals surface area contributed by atoms with Gasteiger partial charge in [0.05, 0.1) is 37.6 Å². The summed E-state index contributed by atoms with van der Waals surface area (Å²) < 4.78 is 22.7. The number of aliphatic hydroxyl groups is 1. The van der Waals surface area contributed by atoms with Crippen LogP contribution in [-0.4, -0.2) is 37.5 Å². The molecule has 0 aliphatic heterocycles. The van der Waals surface area contributed by atoms with E-state index in [1.807, 2.05) is 55.5 Å². The molecule has 1 heterocycles. The zero-order chi connectivity index (χ0) is 25.5. The standard InChI is InChI=1S/C28H27N3O5/c1-18(16-32)17-35-27-13-23-22(12-26(27)34-3)28(19(14-29)15-30-23)31-20-8-10-21(11-9-20)36-25-7-5-4-6-24(25)33-2/h4-13,15,18,32H,16-17H2,1-3H3,(H,30,31). The number of aromatic nitrogens is 1. The van der Waals surface area contributed by atoms with Gasteiger partial charge >= 0.3 is 0 Å². The van der Waals surface area contributed by atoms with Crippen LogP contribution in [0.15, 0.2) is 66.9 Å². The SMILES string of the molecule is COc1cc2c(Nc3ccc(Oc4ccccc4OC)cc3)c(C#N)cnc2cc1OCC(C)CO. The minimum atomic E-state index is -0.0218. The van der Waals surface area contributed by atoms with Crippen molar-refractivity contribution < 1.29 is 24.1 Å². The molecule has 0 amide bonds. The Hall–Kier alpha value is -4.48. The van der Waals surface area contributed by atoms with E-state index in [2.05, 4.69) is 16.4 Å². The van der Waals surface area contributed by atoms with E-state index in [4.69, 9.17) is 18.9 Å².